The Hall–Kier alpha value is -2.59. The van der Waals surface area contributed by atoms with E-state index in [4.69, 9.17) is 0 Å². The van der Waals surface area contributed by atoms with Crippen LogP contribution in [0.2, 0.25) is 0 Å². The van der Waals surface area contributed by atoms with Gasteiger partial charge < -0.3 is 9.88 Å². The maximum absolute atomic E-state index is 13.8. The van der Waals surface area contributed by atoms with Crippen LogP contribution in [0, 0.1) is 11.6 Å². The second kappa shape index (κ2) is 7.20. The molecular formula is C17H17F2N3O4S. The summed E-state index contributed by atoms with van der Waals surface area (Å²) in [5.41, 5.74) is 0.605. The van der Waals surface area contributed by atoms with Crippen molar-refractivity contribution in [3.63, 3.8) is 0 Å². The number of benzene rings is 1. The fourth-order valence-electron chi connectivity index (χ4n) is 2.84. The van der Waals surface area contributed by atoms with Crippen LogP contribution in [0.4, 0.5) is 8.78 Å². The van der Waals surface area contributed by atoms with Gasteiger partial charge in [0.25, 0.3) is 5.91 Å². The van der Waals surface area contributed by atoms with Gasteiger partial charge in [-0.3, -0.25) is 9.59 Å². The van der Waals surface area contributed by atoms with Crippen LogP contribution in [-0.4, -0.2) is 60.5 Å². The van der Waals surface area contributed by atoms with Gasteiger partial charge in [-0.15, -0.1) is 0 Å². The number of halogens is 2. The van der Waals surface area contributed by atoms with Gasteiger partial charge in [0.1, 0.15) is 22.2 Å². The number of nitrogens with one attached hydrogen (secondary N) is 1. The third kappa shape index (κ3) is 3.76. The standard InChI is InChI=1S/C17H17F2N3O4S/c1-11(23)12-8-15(20-10-12)17(24)21-4-6-22(7-5-21)27(25,26)16-9-13(18)2-3-14(16)19/h2-3,8-10,20H,4-7H2,1H3. The first-order valence-electron chi connectivity index (χ1n) is 8.14. The zero-order chi connectivity index (χ0) is 19.8. The van der Waals surface area contributed by atoms with Crippen molar-refractivity contribution in [2.24, 2.45) is 0 Å². The molecule has 1 aromatic heterocycles. The van der Waals surface area contributed by atoms with Gasteiger partial charge in [-0.1, -0.05) is 0 Å². The van der Waals surface area contributed by atoms with E-state index < -0.39 is 26.6 Å². The molecule has 10 heteroatoms. The van der Waals surface area contributed by atoms with Crippen molar-refractivity contribution in [3.05, 3.63) is 53.4 Å². The molecular weight excluding hydrogens is 380 g/mol. The summed E-state index contributed by atoms with van der Waals surface area (Å²) in [6, 6.07) is 3.69. The van der Waals surface area contributed by atoms with Crippen molar-refractivity contribution in [3.8, 4) is 0 Å². The number of hydrogen-bond donors (Lipinski definition) is 1. The molecule has 1 aliphatic heterocycles. The lowest BCUT2D eigenvalue weighted by molar-refractivity contribution is 0.0692. The number of sulfonamides is 1. The monoisotopic (exact) mass is 397 g/mol. The molecule has 3 rings (SSSR count). The largest absolute Gasteiger partial charge is 0.356 e. The molecule has 1 amide bonds. The summed E-state index contributed by atoms with van der Waals surface area (Å²) < 4.78 is 53.3. The quantitative estimate of drug-likeness (QED) is 0.795. The van der Waals surface area contributed by atoms with Gasteiger partial charge in [0.05, 0.1) is 0 Å². The molecule has 1 aliphatic rings. The van der Waals surface area contributed by atoms with E-state index in [9.17, 15) is 26.8 Å². The summed E-state index contributed by atoms with van der Waals surface area (Å²) in [5, 5.41) is 0. The summed E-state index contributed by atoms with van der Waals surface area (Å²) in [6.07, 6.45) is 1.43. The highest BCUT2D eigenvalue weighted by Gasteiger charge is 2.32. The molecule has 1 N–H and O–H groups in total. The van der Waals surface area contributed by atoms with Crippen LogP contribution in [0.25, 0.3) is 0 Å². The molecule has 0 bridgehead atoms. The van der Waals surface area contributed by atoms with Crippen molar-refractivity contribution in [2.75, 3.05) is 26.2 Å². The van der Waals surface area contributed by atoms with Gasteiger partial charge >= 0.3 is 0 Å². The second-order valence-electron chi connectivity index (χ2n) is 6.13. The van der Waals surface area contributed by atoms with Gasteiger partial charge in [0.15, 0.2) is 5.78 Å². The lowest BCUT2D eigenvalue weighted by Crippen LogP contribution is -2.50. The Balaban J connectivity index is 1.71. The molecule has 144 valence electrons. The van der Waals surface area contributed by atoms with E-state index >= 15 is 0 Å². The summed E-state index contributed by atoms with van der Waals surface area (Å²) in [4.78, 5) is 27.2. The number of ketones is 1. The highest BCUT2D eigenvalue weighted by molar-refractivity contribution is 7.89. The third-order valence-electron chi connectivity index (χ3n) is 4.36. The smallest absolute Gasteiger partial charge is 0.270 e. The molecule has 27 heavy (non-hydrogen) atoms. The molecule has 0 atom stereocenters. The van der Waals surface area contributed by atoms with Gasteiger partial charge in [0, 0.05) is 37.9 Å². The zero-order valence-corrected chi connectivity index (χ0v) is 15.2. The topological polar surface area (TPSA) is 90.6 Å². The van der Waals surface area contributed by atoms with E-state index in [1.165, 1.54) is 24.1 Å². The van der Waals surface area contributed by atoms with E-state index in [0.717, 1.165) is 16.4 Å². The number of hydrogen-bond acceptors (Lipinski definition) is 4. The number of piperazine rings is 1. The maximum atomic E-state index is 13.8. The van der Waals surface area contributed by atoms with Crippen molar-refractivity contribution >= 4 is 21.7 Å². The Labute approximate surface area is 154 Å². The van der Waals surface area contributed by atoms with Crippen LogP contribution < -0.4 is 0 Å². The molecule has 0 aliphatic carbocycles. The molecule has 2 heterocycles. The number of Topliss-reactive ketones (excluding diaryl/α,β-unsaturated/α-hetero) is 1. The Morgan fingerprint density at radius 2 is 1.74 bits per heavy atom. The molecule has 0 saturated carbocycles. The lowest BCUT2D eigenvalue weighted by atomic mass is 10.2. The summed E-state index contributed by atoms with van der Waals surface area (Å²) >= 11 is 0. The third-order valence-corrected chi connectivity index (χ3v) is 6.27. The van der Waals surface area contributed by atoms with Crippen molar-refractivity contribution in [2.45, 2.75) is 11.8 Å². The first-order valence-corrected chi connectivity index (χ1v) is 9.58. The minimum absolute atomic E-state index is 0.0513. The Kier molecular flexibility index (Phi) is 5.11. The number of carbonyl (C=O) groups excluding carboxylic acids is 2. The predicted octanol–water partition coefficient (Wildman–Crippen LogP) is 1.64. The first-order chi connectivity index (χ1) is 12.7. The van der Waals surface area contributed by atoms with Crippen LogP contribution >= 0.6 is 0 Å². The maximum Gasteiger partial charge on any atom is 0.270 e. The molecule has 1 aromatic carbocycles. The second-order valence-corrected chi connectivity index (χ2v) is 8.04. The summed E-state index contributed by atoms with van der Waals surface area (Å²) in [7, 11) is -4.21. The van der Waals surface area contributed by atoms with E-state index in [-0.39, 0.29) is 43.6 Å². The van der Waals surface area contributed by atoms with E-state index in [0.29, 0.717) is 11.6 Å². The molecule has 1 fully saturated rings. The normalized spacial score (nSPS) is 15.7. The Morgan fingerprint density at radius 1 is 1.07 bits per heavy atom. The van der Waals surface area contributed by atoms with Gasteiger partial charge in [-0.25, -0.2) is 17.2 Å². The number of aromatic nitrogens is 1. The van der Waals surface area contributed by atoms with Crippen LogP contribution in [0.5, 0.6) is 0 Å². The fourth-order valence-corrected chi connectivity index (χ4v) is 4.34. The van der Waals surface area contributed by atoms with E-state index in [1.807, 2.05) is 0 Å². The van der Waals surface area contributed by atoms with E-state index in [1.54, 1.807) is 0 Å². The van der Waals surface area contributed by atoms with Crippen molar-refractivity contribution in [1.82, 2.24) is 14.2 Å². The highest BCUT2D eigenvalue weighted by atomic mass is 32.2. The first kappa shape index (κ1) is 19.2. The molecule has 0 unspecified atom stereocenters. The number of rotatable bonds is 4. The number of carbonyl (C=O) groups is 2. The molecule has 1 saturated heterocycles. The SMILES string of the molecule is CC(=O)c1c[nH]c(C(=O)N2CCN(S(=O)(=O)c3cc(F)ccc3F)CC2)c1. The summed E-state index contributed by atoms with van der Waals surface area (Å²) in [5.74, 6) is -2.43. The van der Waals surface area contributed by atoms with Gasteiger partial charge in [-0.05, 0) is 31.2 Å². The van der Waals surface area contributed by atoms with Crippen LogP contribution in [0.3, 0.4) is 0 Å². The molecule has 7 nitrogen and oxygen atoms in total. The Morgan fingerprint density at radius 3 is 2.33 bits per heavy atom. The van der Waals surface area contributed by atoms with Crippen LogP contribution in [0.1, 0.15) is 27.8 Å². The minimum Gasteiger partial charge on any atom is -0.356 e. The van der Waals surface area contributed by atoms with Crippen LogP contribution in [-0.2, 0) is 10.0 Å². The average molecular weight is 397 g/mol. The molecule has 2 aromatic rings. The number of H-pyrrole nitrogens is 1. The van der Waals surface area contributed by atoms with Gasteiger partial charge in [0.2, 0.25) is 10.0 Å². The van der Waals surface area contributed by atoms with Crippen LogP contribution in [0.15, 0.2) is 35.4 Å². The number of nitrogens with zero attached hydrogens (tertiary/aromatic N) is 2. The van der Waals surface area contributed by atoms with Crippen molar-refractivity contribution in [1.29, 1.82) is 0 Å². The molecule has 0 spiro atoms. The fraction of sp³-hybridized carbons (Fsp3) is 0.294. The zero-order valence-electron chi connectivity index (χ0n) is 14.4. The molecule has 0 radical (unpaired) electrons. The average Bonchev–Trinajstić information content (AvgIpc) is 3.13. The van der Waals surface area contributed by atoms with Gasteiger partial charge in [-0.2, -0.15) is 4.31 Å². The Bertz CT molecular complexity index is 995. The van der Waals surface area contributed by atoms with Crippen molar-refractivity contribution < 1.29 is 26.8 Å². The lowest BCUT2D eigenvalue weighted by Gasteiger charge is -2.33. The van der Waals surface area contributed by atoms with E-state index in [2.05, 4.69) is 4.98 Å². The number of amides is 1. The predicted molar refractivity (Wildman–Crippen MR) is 91.8 cm³/mol. The minimum atomic E-state index is -4.21. The highest BCUT2D eigenvalue weighted by Crippen LogP contribution is 2.22. The number of aromatic amines is 1. The summed E-state index contributed by atoms with van der Waals surface area (Å²) in [6.45, 7) is 1.45.